The van der Waals surface area contributed by atoms with E-state index in [-0.39, 0.29) is 12.5 Å². The standard InChI is InChI=1S/C22H25N3O3/c1-14-6-8-18(9-7-14)21-23-20(28-24-21)13-25(5)22(26)17(4)27-19-11-15(2)10-16(3)12-19/h6-12,17H,13H2,1-5H3/t17-/m0/s1. The van der Waals surface area contributed by atoms with Crippen LogP contribution in [0.5, 0.6) is 5.75 Å². The molecule has 0 fully saturated rings. The highest BCUT2D eigenvalue weighted by molar-refractivity contribution is 5.80. The van der Waals surface area contributed by atoms with Gasteiger partial charge in [-0.25, -0.2) is 0 Å². The Bertz CT molecular complexity index is 943. The third kappa shape index (κ3) is 4.76. The van der Waals surface area contributed by atoms with Gasteiger partial charge in [0.25, 0.3) is 5.91 Å². The van der Waals surface area contributed by atoms with E-state index in [4.69, 9.17) is 9.26 Å². The summed E-state index contributed by atoms with van der Waals surface area (Å²) in [7, 11) is 1.69. The number of nitrogens with zero attached hydrogens (tertiary/aromatic N) is 3. The summed E-state index contributed by atoms with van der Waals surface area (Å²) in [6.45, 7) is 7.98. The Hall–Kier alpha value is -3.15. The third-order valence-corrected chi connectivity index (χ3v) is 4.38. The van der Waals surface area contributed by atoms with E-state index in [1.807, 2.05) is 57.2 Å². The molecule has 1 amide bonds. The summed E-state index contributed by atoms with van der Waals surface area (Å²) in [5, 5.41) is 4.01. The first kappa shape index (κ1) is 19.6. The number of benzene rings is 2. The highest BCUT2D eigenvalue weighted by Crippen LogP contribution is 2.19. The molecule has 0 radical (unpaired) electrons. The number of carbonyl (C=O) groups excluding carboxylic acids is 1. The molecule has 28 heavy (non-hydrogen) atoms. The monoisotopic (exact) mass is 379 g/mol. The zero-order chi connectivity index (χ0) is 20.3. The molecule has 1 aromatic heterocycles. The molecule has 3 aromatic rings. The highest BCUT2D eigenvalue weighted by atomic mass is 16.5. The Labute approximate surface area is 165 Å². The smallest absolute Gasteiger partial charge is 0.263 e. The van der Waals surface area contributed by atoms with Crippen molar-refractivity contribution in [2.45, 2.75) is 40.3 Å². The van der Waals surface area contributed by atoms with Crippen molar-refractivity contribution in [3.05, 3.63) is 65.0 Å². The molecule has 6 nitrogen and oxygen atoms in total. The summed E-state index contributed by atoms with van der Waals surface area (Å²) < 4.78 is 11.1. The minimum absolute atomic E-state index is 0.158. The van der Waals surface area contributed by atoms with E-state index in [1.54, 1.807) is 14.0 Å². The van der Waals surface area contributed by atoms with Crippen molar-refractivity contribution < 1.29 is 14.1 Å². The molecule has 0 saturated heterocycles. The number of ether oxygens (including phenoxy) is 1. The number of carbonyl (C=O) groups is 1. The number of rotatable bonds is 6. The third-order valence-electron chi connectivity index (χ3n) is 4.38. The molecule has 0 aliphatic heterocycles. The molecule has 0 unspecified atom stereocenters. The van der Waals surface area contributed by atoms with Crippen LogP contribution >= 0.6 is 0 Å². The molecule has 0 spiro atoms. The first-order valence-electron chi connectivity index (χ1n) is 9.21. The van der Waals surface area contributed by atoms with E-state index in [1.165, 1.54) is 4.90 Å². The van der Waals surface area contributed by atoms with Crippen molar-refractivity contribution in [2.24, 2.45) is 0 Å². The van der Waals surface area contributed by atoms with E-state index >= 15 is 0 Å². The molecule has 1 heterocycles. The van der Waals surface area contributed by atoms with Gasteiger partial charge in [-0.3, -0.25) is 4.79 Å². The Morgan fingerprint density at radius 3 is 2.36 bits per heavy atom. The van der Waals surface area contributed by atoms with Gasteiger partial charge in [0.05, 0.1) is 6.54 Å². The van der Waals surface area contributed by atoms with Gasteiger partial charge < -0.3 is 14.2 Å². The van der Waals surface area contributed by atoms with Gasteiger partial charge >= 0.3 is 0 Å². The SMILES string of the molecule is Cc1ccc(-c2noc(CN(C)C(=O)[C@H](C)Oc3cc(C)cc(C)c3)n2)cc1. The second-order valence-corrected chi connectivity index (χ2v) is 7.16. The van der Waals surface area contributed by atoms with Crippen LogP contribution in [-0.2, 0) is 11.3 Å². The second kappa shape index (κ2) is 8.25. The van der Waals surface area contributed by atoms with Crippen LogP contribution in [0.4, 0.5) is 0 Å². The van der Waals surface area contributed by atoms with Gasteiger partial charge in [-0.1, -0.05) is 41.1 Å². The van der Waals surface area contributed by atoms with Crippen LogP contribution in [-0.4, -0.2) is 34.1 Å². The molecule has 0 aliphatic carbocycles. The quantitative estimate of drug-likeness (QED) is 0.645. The fourth-order valence-electron chi connectivity index (χ4n) is 2.99. The van der Waals surface area contributed by atoms with Crippen molar-refractivity contribution in [2.75, 3.05) is 7.05 Å². The van der Waals surface area contributed by atoms with Crippen molar-refractivity contribution in [1.82, 2.24) is 15.0 Å². The zero-order valence-electron chi connectivity index (χ0n) is 16.9. The highest BCUT2D eigenvalue weighted by Gasteiger charge is 2.21. The Morgan fingerprint density at radius 1 is 1.07 bits per heavy atom. The van der Waals surface area contributed by atoms with Crippen LogP contribution in [0.25, 0.3) is 11.4 Å². The topological polar surface area (TPSA) is 68.5 Å². The lowest BCUT2D eigenvalue weighted by atomic mass is 10.1. The maximum absolute atomic E-state index is 12.6. The van der Waals surface area contributed by atoms with Crippen molar-refractivity contribution in [3.63, 3.8) is 0 Å². The van der Waals surface area contributed by atoms with E-state index in [0.29, 0.717) is 17.5 Å². The van der Waals surface area contributed by atoms with Gasteiger partial charge in [-0.2, -0.15) is 4.98 Å². The largest absolute Gasteiger partial charge is 0.481 e. The zero-order valence-corrected chi connectivity index (χ0v) is 16.9. The number of aromatic nitrogens is 2. The number of hydrogen-bond acceptors (Lipinski definition) is 5. The molecule has 0 aliphatic rings. The molecule has 146 valence electrons. The number of likely N-dealkylation sites (N-methyl/N-ethyl adjacent to an activating group) is 1. The maximum Gasteiger partial charge on any atom is 0.263 e. The number of amides is 1. The van der Waals surface area contributed by atoms with Crippen LogP contribution in [0.3, 0.4) is 0 Å². The van der Waals surface area contributed by atoms with Gasteiger partial charge in [-0.05, 0) is 51.0 Å². The summed E-state index contributed by atoms with van der Waals surface area (Å²) in [4.78, 5) is 18.6. The molecule has 6 heteroatoms. The first-order valence-corrected chi connectivity index (χ1v) is 9.21. The van der Waals surface area contributed by atoms with Crippen molar-refractivity contribution >= 4 is 5.91 Å². The predicted octanol–water partition coefficient (Wildman–Crippen LogP) is 4.09. The Kier molecular flexibility index (Phi) is 5.78. The van der Waals surface area contributed by atoms with E-state index in [2.05, 4.69) is 16.2 Å². The fraction of sp³-hybridized carbons (Fsp3) is 0.318. The number of aryl methyl sites for hydroxylation is 3. The average molecular weight is 379 g/mol. The lowest BCUT2D eigenvalue weighted by molar-refractivity contribution is -0.137. The lowest BCUT2D eigenvalue weighted by Gasteiger charge is -2.21. The van der Waals surface area contributed by atoms with Crippen LogP contribution in [0.2, 0.25) is 0 Å². The Balaban J connectivity index is 1.63. The van der Waals surface area contributed by atoms with Gasteiger partial charge in [0.1, 0.15) is 5.75 Å². The Morgan fingerprint density at radius 2 is 1.71 bits per heavy atom. The van der Waals surface area contributed by atoms with E-state index < -0.39 is 6.10 Å². The summed E-state index contributed by atoms with van der Waals surface area (Å²) >= 11 is 0. The molecular weight excluding hydrogens is 354 g/mol. The normalized spacial score (nSPS) is 11.9. The molecular formula is C22H25N3O3. The maximum atomic E-state index is 12.6. The molecule has 3 rings (SSSR count). The molecule has 2 aromatic carbocycles. The predicted molar refractivity (Wildman–Crippen MR) is 107 cm³/mol. The van der Waals surface area contributed by atoms with Crippen LogP contribution in [0.1, 0.15) is 29.5 Å². The van der Waals surface area contributed by atoms with Crippen LogP contribution < -0.4 is 4.74 Å². The van der Waals surface area contributed by atoms with Gasteiger partial charge in [0.15, 0.2) is 6.10 Å². The fourth-order valence-corrected chi connectivity index (χ4v) is 2.99. The van der Waals surface area contributed by atoms with Crippen molar-refractivity contribution in [1.29, 1.82) is 0 Å². The van der Waals surface area contributed by atoms with E-state index in [0.717, 1.165) is 22.3 Å². The first-order chi connectivity index (χ1) is 13.3. The molecule has 0 saturated carbocycles. The summed E-state index contributed by atoms with van der Waals surface area (Å²) in [5.74, 6) is 1.42. The van der Waals surface area contributed by atoms with E-state index in [9.17, 15) is 4.79 Å². The minimum atomic E-state index is -0.620. The summed E-state index contributed by atoms with van der Waals surface area (Å²) in [6, 6.07) is 13.8. The van der Waals surface area contributed by atoms with Crippen LogP contribution in [0.15, 0.2) is 47.0 Å². The molecule has 0 N–H and O–H groups in total. The summed E-state index contributed by atoms with van der Waals surface area (Å²) in [5.41, 5.74) is 4.23. The molecule has 0 bridgehead atoms. The van der Waals surface area contributed by atoms with Gasteiger partial charge in [0, 0.05) is 12.6 Å². The van der Waals surface area contributed by atoms with Gasteiger partial charge in [-0.15, -0.1) is 0 Å². The minimum Gasteiger partial charge on any atom is -0.481 e. The second-order valence-electron chi connectivity index (χ2n) is 7.16. The summed E-state index contributed by atoms with van der Waals surface area (Å²) in [6.07, 6.45) is -0.620. The number of hydrogen-bond donors (Lipinski definition) is 0. The van der Waals surface area contributed by atoms with Crippen molar-refractivity contribution in [3.8, 4) is 17.1 Å². The average Bonchev–Trinajstić information content (AvgIpc) is 3.09. The van der Waals surface area contributed by atoms with Gasteiger partial charge in [0.2, 0.25) is 11.7 Å². The lowest BCUT2D eigenvalue weighted by Crippen LogP contribution is -2.37. The van der Waals surface area contributed by atoms with Crippen LogP contribution in [0, 0.1) is 20.8 Å². The molecule has 1 atom stereocenters.